The number of amides is 1. The van der Waals surface area contributed by atoms with Crippen LogP contribution in [0.4, 0.5) is 5.88 Å². The maximum absolute atomic E-state index is 13.0. The molecule has 9 heteroatoms. The molecule has 8 nitrogen and oxygen atoms in total. The number of hydrogen-bond donors (Lipinski definition) is 1. The van der Waals surface area contributed by atoms with Crippen LogP contribution < -0.4 is 5.32 Å². The van der Waals surface area contributed by atoms with E-state index in [0.717, 1.165) is 0 Å². The monoisotopic (exact) mass is 414 g/mol. The van der Waals surface area contributed by atoms with Crippen molar-refractivity contribution in [1.29, 1.82) is 0 Å². The highest BCUT2D eigenvalue weighted by Crippen LogP contribution is 2.30. The number of carbonyl (C=O) groups is 1. The maximum Gasteiger partial charge on any atom is 0.247 e. The molecular formula is C19H30N2O6S. The summed E-state index contributed by atoms with van der Waals surface area (Å²) in [7, 11) is -3.70. The molecule has 158 valence electrons. The fourth-order valence-electron chi connectivity index (χ4n) is 2.83. The second kappa shape index (κ2) is 8.24. The van der Waals surface area contributed by atoms with Gasteiger partial charge in [-0.1, -0.05) is 25.6 Å². The molecule has 0 radical (unpaired) electrons. The Labute approximate surface area is 166 Å². The summed E-state index contributed by atoms with van der Waals surface area (Å²) in [5, 5.41) is 5.94. The number of carbonyl (C=O) groups excluding carboxylic acids is 1. The second-order valence-electron chi connectivity index (χ2n) is 8.27. The second-order valence-corrected chi connectivity index (χ2v) is 11.0. The summed E-state index contributed by atoms with van der Waals surface area (Å²) in [6.45, 7) is 13.2. The summed E-state index contributed by atoms with van der Waals surface area (Å²) in [6, 6.07) is 1.58. The summed E-state index contributed by atoms with van der Waals surface area (Å²) in [6.07, 6.45) is 0.783. The maximum atomic E-state index is 13.0. The van der Waals surface area contributed by atoms with Gasteiger partial charge in [-0.2, -0.15) is 0 Å². The molecular weight excluding hydrogens is 384 g/mol. The molecule has 1 aliphatic rings. The number of hydrogen-bond acceptors (Lipinski definition) is 7. The van der Waals surface area contributed by atoms with Crippen LogP contribution in [0.5, 0.6) is 0 Å². The summed E-state index contributed by atoms with van der Waals surface area (Å²) >= 11 is 0. The number of rotatable bonds is 8. The zero-order valence-corrected chi connectivity index (χ0v) is 18.0. The number of allylic oxidation sites excluding steroid dienone is 1. The Morgan fingerprint density at radius 3 is 2.50 bits per heavy atom. The Balaban J connectivity index is 2.11. The Kier molecular flexibility index (Phi) is 6.60. The van der Waals surface area contributed by atoms with Gasteiger partial charge in [-0.05, 0) is 33.6 Å². The van der Waals surface area contributed by atoms with Crippen LogP contribution in [-0.4, -0.2) is 49.3 Å². The average molecular weight is 415 g/mol. The van der Waals surface area contributed by atoms with Gasteiger partial charge in [0.2, 0.25) is 11.8 Å². The zero-order chi connectivity index (χ0) is 21.2. The molecule has 1 N–H and O–H groups in total. The minimum atomic E-state index is -3.70. The molecule has 0 spiro atoms. The van der Waals surface area contributed by atoms with Crippen LogP contribution >= 0.6 is 0 Å². The van der Waals surface area contributed by atoms with E-state index in [0.29, 0.717) is 44.1 Å². The van der Waals surface area contributed by atoms with Crippen LogP contribution in [0.2, 0.25) is 0 Å². The minimum Gasteiger partial charge on any atom is -0.498 e. The first-order valence-corrected chi connectivity index (χ1v) is 10.8. The number of nitrogens with one attached hydrogen (secondary N) is 1. The third-order valence-corrected chi connectivity index (χ3v) is 7.94. The SMILES string of the molecule is C=C(C)OCC(C)(C)c1cc(NC(=O)C(C)(C)S(=O)(=O)C2CCOCC2)on1. The van der Waals surface area contributed by atoms with Crippen molar-refractivity contribution in [3.63, 3.8) is 0 Å². The normalized spacial score (nSPS) is 16.6. The van der Waals surface area contributed by atoms with Gasteiger partial charge in [0.05, 0.1) is 23.3 Å². The molecule has 0 saturated carbocycles. The van der Waals surface area contributed by atoms with Gasteiger partial charge in [-0.25, -0.2) is 8.42 Å². The van der Waals surface area contributed by atoms with Crippen LogP contribution in [0.25, 0.3) is 0 Å². The van der Waals surface area contributed by atoms with Crippen molar-refractivity contribution in [2.24, 2.45) is 0 Å². The first-order valence-electron chi connectivity index (χ1n) is 9.26. The van der Waals surface area contributed by atoms with Gasteiger partial charge in [0.1, 0.15) is 4.75 Å². The fourth-order valence-corrected chi connectivity index (χ4v) is 4.78. The summed E-state index contributed by atoms with van der Waals surface area (Å²) in [5.74, 6) is 0.0292. The first-order chi connectivity index (χ1) is 12.9. The lowest BCUT2D eigenvalue weighted by Crippen LogP contribution is -2.50. The molecule has 1 aliphatic heterocycles. The molecule has 0 unspecified atom stereocenters. The molecule has 0 aromatic carbocycles. The smallest absolute Gasteiger partial charge is 0.247 e. The number of aromatic nitrogens is 1. The molecule has 2 heterocycles. The van der Waals surface area contributed by atoms with Crippen molar-refractivity contribution in [3.8, 4) is 0 Å². The van der Waals surface area contributed by atoms with E-state index < -0.39 is 31.2 Å². The van der Waals surface area contributed by atoms with Crippen molar-refractivity contribution < 1.29 is 27.2 Å². The highest BCUT2D eigenvalue weighted by molar-refractivity contribution is 7.94. The van der Waals surface area contributed by atoms with E-state index in [1.54, 1.807) is 13.0 Å². The highest BCUT2D eigenvalue weighted by atomic mass is 32.2. The van der Waals surface area contributed by atoms with Gasteiger partial charge < -0.3 is 14.0 Å². The summed E-state index contributed by atoms with van der Waals surface area (Å²) < 4.78 is 40.2. The highest BCUT2D eigenvalue weighted by Gasteiger charge is 2.47. The molecule has 1 saturated heterocycles. The van der Waals surface area contributed by atoms with E-state index in [1.165, 1.54) is 13.8 Å². The molecule has 0 atom stereocenters. The lowest BCUT2D eigenvalue weighted by Gasteiger charge is -2.30. The molecule has 1 fully saturated rings. The molecule has 2 rings (SSSR count). The Morgan fingerprint density at radius 1 is 1.32 bits per heavy atom. The number of nitrogens with zero attached hydrogens (tertiary/aromatic N) is 1. The van der Waals surface area contributed by atoms with Gasteiger partial charge in [0, 0.05) is 24.7 Å². The number of ether oxygens (including phenoxy) is 2. The van der Waals surface area contributed by atoms with Crippen molar-refractivity contribution in [3.05, 3.63) is 24.1 Å². The van der Waals surface area contributed by atoms with Crippen molar-refractivity contribution >= 4 is 21.6 Å². The van der Waals surface area contributed by atoms with Gasteiger partial charge in [-0.3, -0.25) is 10.1 Å². The molecule has 28 heavy (non-hydrogen) atoms. The minimum absolute atomic E-state index is 0.0960. The molecule has 0 aliphatic carbocycles. The van der Waals surface area contributed by atoms with Crippen molar-refractivity contribution in [1.82, 2.24) is 5.16 Å². The fraction of sp³-hybridized carbons (Fsp3) is 0.684. The number of sulfone groups is 1. The van der Waals surface area contributed by atoms with Gasteiger partial charge in [-0.15, -0.1) is 0 Å². The van der Waals surface area contributed by atoms with Crippen LogP contribution in [0.15, 0.2) is 22.9 Å². The molecule has 1 aromatic rings. The van der Waals surface area contributed by atoms with Crippen LogP contribution in [-0.2, 0) is 29.5 Å². The van der Waals surface area contributed by atoms with Crippen LogP contribution in [0.1, 0.15) is 53.2 Å². The molecule has 0 bridgehead atoms. The van der Waals surface area contributed by atoms with E-state index in [9.17, 15) is 13.2 Å². The molecule has 1 amide bonds. The van der Waals surface area contributed by atoms with E-state index in [2.05, 4.69) is 17.1 Å². The van der Waals surface area contributed by atoms with E-state index >= 15 is 0 Å². The predicted molar refractivity (Wildman–Crippen MR) is 106 cm³/mol. The van der Waals surface area contributed by atoms with Gasteiger partial charge >= 0.3 is 0 Å². The van der Waals surface area contributed by atoms with Crippen LogP contribution in [0, 0.1) is 0 Å². The average Bonchev–Trinajstić information content (AvgIpc) is 3.10. The Hall–Kier alpha value is -1.87. The van der Waals surface area contributed by atoms with Crippen LogP contribution in [0.3, 0.4) is 0 Å². The third kappa shape index (κ3) is 4.75. The summed E-state index contributed by atoms with van der Waals surface area (Å²) in [5.41, 5.74) is 0.101. The standard InChI is InChI=1S/C19H30N2O6S/c1-13(2)26-12-18(3,4)15-11-16(27-21-15)20-17(22)19(5,6)28(23,24)14-7-9-25-10-8-14/h11,14H,1,7-10,12H2,2-6H3,(H,20,22). The Morgan fingerprint density at radius 2 is 1.93 bits per heavy atom. The van der Waals surface area contributed by atoms with E-state index in [-0.39, 0.29) is 5.88 Å². The molecule has 1 aromatic heterocycles. The predicted octanol–water partition coefficient (Wildman–Crippen LogP) is 2.81. The Bertz CT molecular complexity index is 819. The van der Waals surface area contributed by atoms with Crippen molar-refractivity contribution in [2.45, 2.75) is 62.9 Å². The van der Waals surface area contributed by atoms with Gasteiger partial charge in [0.15, 0.2) is 9.84 Å². The van der Waals surface area contributed by atoms with Crippen molar-refractivity contribution in [2.75, 3.05) is 25.1 Å². The lowest BCUT2D eigenvalue weighted by molar-refractivity contribution is -0.118. The van der Waals surface area contributed by atoms with E-state index in [4.69, 9.17) is 14.0 Å². The first kappa shape index (κ1) is 22.4. The lowest BCUT2D eigenvalue weighted by atomic mass is 9.90. The van der Waals surface area contributed by atoms with E-state index in [1.807, 2.05) is 13.8 Å². The number of anilines is 1. The third-order valence-electron chi connectivity index (χ3n) is 4.98. The quantitative estimate of drug-likeness (QED) is 0.652. The largest absolute Gasteiger partial charge is 0.498 e. The summed E-state index contributed by atoms with van der Waals surface area (Å²) in [4.78, 5) is 12.8. The van der Waals surface area contributed by atoms with Gasteiger partial charge in [0.25, 0.3) is 0 Å². The zero-order valence-electron chi connectivity index (χ0n) is 17.2. The topological polar surface area (TPSA) is 108 Å².